The Balaban J connectivity index is 2.37. The van der Waals surface area contributed by atoms with Crippen LogP contribution in [0.5, 0.6) is 0 Å². The third-order valence-electron chi connectivity index (χ3n) is 4.35. The molecule has 0 saturated carbocycles. The fourth-order valence-corrected chi connectivity index (χ4v) is 4.18. The molecule has 0 fully saturated rings. The molecule has 2 rings (SSSR count). The first-order chi connectivity index (χ1) is 12.9. The number of nitro benzene ring substituents is 1. The summed E-state index contributed by atoms with van der Waals surface area (Å²) in [7, 11) is -3.73. The average Bonchev–Trinajstić information content (AvgIpc) is 2.53. The van der Waals surface area contributed by atoms with E-state index in [4.69, 9.17) is 0 Å². The number of aryl methyl sites for hydroxylation is 3. The molecule has 0 unspecified atom stereocenters. The van der Waals surface area contributed by atoms with Crippen LogP contribution in [0.2, 0.25) is 0 Å². The Kier molecular flexibility index (Phi) is 6.08. The van der Waals surface area contributed by atoms with Crippen molar-refractivity contribution in [3.05, 3.63) is 62.7 Å². The molecule has 1 amide bonds. The summed E-state index contributed by atoms with van der Waals surface area (Å²) in [5.41, 5.74) is 3.37. The fraction of sp³-hybridized carbons (Fsp3) is 0.316. The number of hydrogen-bond donors (Lipinski definition) is 1. The van der Waals surface area contributed by atoms with Gasteiger partial charge in [-0.1, -0.05) is 23.8 Å². The van der Waals surface area contributed by atoms with Crippen molar-refractivity contribution in [3.63, 3.8) is 0 Å². The van der Waals surface area contributed by atoms with Gasteiger partial charge in [-0.05, 0) is 44.9 Å². The van der Waals surface area contributed by atoms with Gasteiger partial charge in [0, 0.05) is 6.07 Å². The van der Waals surface area contributed by atoms with Crippen LogP contribution in [0.1, 0.15) is 22.3 Å². The second-order valence-corrected chi connectivity index (χ2v) is 8.68. The maximum Gasteiger partial charge on any atom is 0.274 e. The summed E-state index contributed by atoms with van der Waals surface area (Å²) in [5.74, 6) is -0.589. The largest absolute Gasteiger partial charge is 0.324 e. The van der Waals surface area contributed by atoms with Gasteiger partial charge in [0.25, 0.3) is 5.69 Å². The number of nitro groups is 1. The molecule has 0 saturated heterocycles. The molecular formula is C19H23N3O5S. The number of carbonyl (C=O) groups is 1. The first kappa shape index (κ1) is 21.4. The van der Waals surface area contributed by atoms with Crippen molar-refractivity contribution >= 4 is 33.0 Å². The van der Waals surface area contributed by atoms with Crippen molar-refractivity contribution < 1.29 is 18.1 Å². The fourth-order valence-electron chi connectivity index (χ4n) is 3.20. The van der Waals surface area contributed by atoms with Crippen LogP contribution in [0.15, 0.2) is 30.3 Å². The summed E-state index contributed by atoms with van der Waals surface area (Å²) in [6, 6.07) is 8.04. The lowest BCUT2D eigenvalue weighted by Gasteiger charge is -2.26. The topological polar surface area (TPSA) is 110 Å². The maximum atomic E-state index is 12.6. The molecule has 0 heterocycles. The maximum absolute atomic E-state index is 12.6. The lowest BCUT2D eigenvalue weighted by molar-refractivity contribution is -0.385. The first-order valence-corrected chi connectivity index (χ1v) is 10.4. The van der Waals surface area contributed by atoms with E-state index < -0.39 is 27.4 Å². The smallest absolute Gasteiger partial charge is 0.274 e. The standard InChI is InChI=1S/C19H23N3O5S/c1-12-9-13(2)19(14(3)10-12)21(28(5,26)27)11-18(23)20-16-7-6-8-17(15(16)4)22(24)25/h6-10H,11H2,1-5H3,(H,20,23). The Bertz CT molecular complexity index is 1020. The van der Waals surface area contributed by atoms with E-state index in [-0.39, 0.29) is 11.4 Å². The van der Waals surface area contributed by atoms with Crippen LogP contribution in [0.25, 0.3) is 0 Å². The van der Waals surface area contributed by atoms with Crippen molar-refractivity contribution in [1.82, 2.24) is 0 Å². The normalized spacial score (nSPS) is 11.2. The van der Waals surface area contributed by atoms with Gasteiger partial charge in [-0.3, -0.25) is 19.2 Å². The van der Waals surface area contributed by atoms with Gasteiger partial charge in [0.1, 0.15) is 6.54 Å². The van der Waals surface area contributed by atoms with Crippen LogP contribution < -0.4 is 9.62 Å². The zero-order valence-electron chi connectivity index (χ0n) is 16.4. The molecule has 8 nitrogen and oxygen atoms in total. The molecule has 0 radical (unpaired) electrons. The Labute approximate surface area is 164 Å². The van der Waals surface area contributed by atoms with Crippen LogP contribution in [-0.4, -0.2) is 32.0 Å². The van der Waals surface area contributed by atoms with Crippen molar-refractivity contribution in [2.45, 2.75) is 27.7 Å². The van der Waals surface area contributed by atoms with Gasteiger partial charge in [-0.25, -0.2) is 8.42 Å². The Morgan fingerprint density at radius 1 is 1.14 bits per heavy atom. The summed E-state index contributed by atoms with van der Waals surface area (Å²) in [6.45, 7) is 6.57. The molecule has 28 heavy (non-hydrogen) atoms. The second-order valence-electron chi connectivity index (χ2n) is 6.77. The Hall–Kier alpha value is -2.94. The number of carbonyl (C=O) groups excluding carboxylic acids is 1. The van der Waals surface area contributed by atoms with E-state index in [0.717, 1.165) is 27.3 Å². The average molecular weight is 405 g/mol. The van der Waals surface area contributed by atoms with E-state index in [1.54, 1.807) is 13.8 Å². The number of benzene rings is 2. The minimum Gasteiger partial charge on any atom is -0.324 e. The molecule has 0 aliphatic rings. The number of sulfonamides is 1. The van der Waals surface area contributed by atoms with Crippen LogP contribution in [0.3, 0.4) is 0 Å². The van der Waals surface area contributed by atoms with E-state index in [0.29, 0.717) is 11.3 Å². The zero-order chi connectivity index (χ0) is 21.2. The number of rotatable bonds is 6. The summed E-state index contributed by atoms with van der Waals surface area (Å²) in [5, 5.41) is 13.6. The monoisotopic (exact) mass is 405 g/mol. The minimum atomic E-state index is -3.73. The highest BCUT2D eigenvalue weighted by molar-refractivity contribution is 7.92. The highest BCUT2D eigenvalue weighted by Gasteiger charge is 2.25. The number of nitrogens with zero attached hydrogens (tertiary/aromatic N) is 2. The highest BCUT2D eigenvalue weighted by Crippen LogP contribution is 2.29. The summed E-state index contributed by atoms with van der Waals surface area (Å²) in [4.78, 5) is 23.1. The predicted molar refractivity (Wildman–Crippen MR) is 109 cm³/mol. The lowest BCUT2D eigenvalue weighted by atomic mass is 10.1. The SMILES string of the molecule is Cc1cc(C)c(N(CC(=O)Nc2cccc([N+](=O)[O-])c2C)S(C)(=O)=O)c(C)c1. The molecule has 2 aromatic carbocycles. The van der Waals surface area contributed by atoms with Gasteiger partial charge in [0.2, 0.25) is 15.9 Å². The summed E-state index contributed by atoms with van der Waals surface area (Å²) >= 11 is 0. The zero-order valence-corrected chi connectivity index (χ0v) is 17.3. The molecule has 150 valence electrons. The number of anilines is 2. The van der Waals surface area contributed by atoms with E-state index in [1.165, 1.54) is 25.1 Å². The Morgan fingerprint density at radius 2 is 1.71 bits per heavy atom. The number of nitrogens with one attached hydrogen (secondary N) is 1. The number of amides is 1. The molecule has 9 heteroatoms. The van der Waals surface area contributed by atoms with Gasteiger partial charge in [0.15, 0.2) is 0 Å². The van der Waals surface area contributed by atoms with Crippen LogP contribution >= 0.6 is 0 Å². The predicted octanol–water partition coefficient (Wildman–Crippen LogP) is 3.23. The van der Waals surface area contributed by atoms with Crippen LogP contribution in [0.4, 0.5) is 17.1 Å². The highest BCUT2D eigenvalue weighted by atomic mass is 32.2. The minimum absolute atomic E-state index is 0.122. The summed E-state index contributed by atoms with van der Waals surface area (Å²) < 4.78 is 25.8. The first-order valence-electron chi connectivity index (χ1n) is 8.51. The van der Waals surface area contributed by atoms with Crippen molar-refractivity contribution in [2.75, 3.05) is 22.4 Å². The van der Waals surface area contributed by atoms with Crippen molar-refractivity contribution in [1.29, 1.82) is 0 Å². The molecule has 0 bridgehead atoms. The van der Waals surface area contributed by atoms with Crippen molar-refractivity contribution in [2.24, 2.45) is 0 Å². The molecular weight excluding hydrogens is 382 g/mol. The number of hydrogen-bond acceptors (Lipinski definition) is 5. The summed E-state index contributed by atoms with van der Waals surface area (Å²) in [6.07, 6.45) is 1.04. The molecule has 0 atom stereocenters. The molecule has 0 aliphatic carbocycles. The molecule has 0 aliphatic heterocycles. The molecule has 2 aromatic rings. The van der Waals surface area contributed by atoms with E-state index >= 15 is 0 Å². The third kappa shape index (κ3) is 4.66. The molecule has 0 aromatic heterocycles. The van der Waals surface area contributed by atoms with Gasteiger partial charge < -0.3 is 5.32 Å². The van der Waals surface area contributed by atoms with Gasteiger partial charge in [-0.15, -0.1) is 0 Å². The quantitative estimate of drug-likeness (QED) is 0.586. The van der Waals surface area contributed by atoms with Crippen molar-refractivity contribution in [3.8, 4) is 0 Å². The second kappa shape index (κ2) is 7.97. The molecule has 0 spiro atoms. The van der Waals surface area contributed by atoms with Crippen LogP contribution in [-0.2, 0) is 14.8 Å². The Morgan fingerprint density at radius 3 is 2.21 bits per heavy atom. The molecule has 1 N–H and O–H groups in total. The van der Waals surface area contributed by atoms with E-state index in [1.807, 2.05) is 19.1 Å². The lowest BCUT2D eigenvalue weighted by Crippen LogP contribution is -2.38. The van der Waals surface area contributed by atoms with E-state index in [9.17, 15) is 23.3 Å². The van der Waals surface area contributed by atoms with Crippen LogP contribution in [0, 0.1) is 37.8 Å². The van der Waals surface area contributed by atoms with Gasteiger partial charge in [-0.2, -0.15) is 0 Å². The van der Waals surface area contributed by atoms with Gasteiger partial charge >= 0.3 is 0 Å². The van der Waals surface area contributed by atoms with Gasteiger partial charge in [0.05, 0.1) is 28.1 Å². The third-order valence-corrected chi connectivity index (χ3v) is 5.46. The van der Waals surface area contributed by atoms with E-state index in [2.05, 4.69) is 5.32 Å².